The zero-order valence-electron chi connectivity index (χ0n) is 16.7. The maximum atomic E-state index is 12.6. The summed E-state index contributed by atoms with van der Waals surface area (Å²) in [6.07, 6.45) is 0. The van der Waals surface area contributed by atoms with Gasteiger partial charge in [-0.1, -0.05) is 11.6 Å². The number of anilines is 2. The second-order valence-corrected chi connectivity index (χ2v) is 6.67. The van der Waals surface area contributed by atoms with E-state index < -0.39 is 11.9 Å². The zero-order chi connectivity index (χ0) is 22.0. The highest BCUT2D eigenvalue weighted by molar-refractivity contribution is 6.31. The fourth-order valence-electron chi connectivity index (χ4n) is 3.21. The topological polar surface area (TPSA) is 162 Å². The van der Waals surface area contributed by atoms with Gasteiger partial charge in [0.15, 0.2) is 40.1 Å². The molecule has 11 nitrogen and oxygen atoms in total. The van der Waals surface area contributed by atoms with Crippen LogP contribution in [0.2, 0.25) is 5.15 Å². The number of methoxy groups -OCH3 is 1. The number of nitrogens with one attached hydrogen (secondary N) is 1. The molecule has 2 aromatic heterocycles. The normalized spacial score (nSPS) is 10.5. The van der Waals surface area contributed by atoms with Crippen molar-refractivity contribution in [2.24, 2.45) is 0 Å². The third kappa shape index (κ3) is 4.80. The van der Waals surface area contributed by atoms with Gasteiger partial charge in [-0.2, -0.15) is 0 Å². The average Bonchev–Trinajstić information content (AvgIpc) is 2.99. The number of carbonyl (C=O) groups excluding carboxylic acids is 1. The fourth-order valence-corrected chi connectivity index (χ4v) is 3.33. The number of ether oxygens (including phenoxy) is 1. The van der Waals surface area contributed by atoms with Crippen LogP contribution in [0.5, 0.6) is 5.75 Å². The molecule has 0 aliphatic rings. The molecule has 0 fully saturated rings. The van der Waals surface area contributed by atoms with Crippen LogP contribution in [0, 0.1) is 0 Å². The SMILES string of the molecule is CCn1c(CNC(=O)c2nc(Cl)c(N)nc2N)[n+](CC(=O)O)c2ccc(OC)cc21.[Br-]. The number of halogens is 2. The minimum atomic E-state index is -1.01. The van der Waals surface area contributed by atoms with Crippen molar-refractivity contribution in [3.8, 4) is 5.75 Å². The summed E-state index contributed by atoms with van der Waals surface area (Å²) in [5.41, 5.74) is 12.6. The number of nitrogen functional groups attached to an aromatic ring is 2. The summed E-state index contributed by atoms with van der Waals surface area (Å²) < 4.78 is 8.79. The highest BCUT2D eigenvalue weighted by Gasteiger charge is 2.27. The number of rotatable bonds is 7. The van der Waals surface area contributed by atoms with Gasteiger partial charge in [-0.3, -0.25) is 4.79 Å². The van der Waals surface area contributed by atoms with E-state index >= 15 is 0 Å². The summed E-state index contributed by atoms with van der Waals surface area (Å²) in [7, 11) is 1.55. The molecule has 2 heterocycles. The van der Waals surface area contributed by atoms with Crippen LogP contribution >= 0.6 is 11.6 Å². The van der Waals surface area contributed by atoms with Crippen LogP contribution in [0.3, 0.4) is 0 Å². The summed E-state index contributed by atoms with van der Waals surface area (Å²) >= 11 is 5.84. The molecule has 3 rings (SSSR count). The molecule has 0 saturated carbocycles. The number of carbonyl (C=O) groups is 2. The van der Waals surface area contributed by atoms with Crippen molar-refractivity contribution >= 4 is 46.1 Å². The molecule has 1 aromatic carbocycles. The first kappa shape index (κ1) is 24.2. The number of amides is 1. The van der Waals surface area contributed by atoms with Gasteiger partial charge in [0.05, 0.1) is 13.7 Å². The van der Waals surface area contributed by atoms with Gasteiger partial charge in [0.2, 0.25) is 0 Å². The molecule has 166 valence electrons. The Bertz CT molecular complexity index is 1150. The standard InChI is InChI=1S/C18H20ClN7O4.BrH/c1-3-25-11-6-9(30-2)4-5-10(11)26(8-13(27)28)12(25)7-22-18(29)14-16(20)24-17(21)15(19)23-14;/h4-6H,3,7-8H2,1-2H3,(H5-,20,21,22,24,27,28,29);1H. The summed E-state index contributed by atoms with van der Waals surface area (Å²) in [6, 6.07) is 5.33. The Labute approximate surface area is 192 Å². The Morgan fingerprint density at radius 2 is 2.00 bits per heavy atom. The monoisotopic (exact) mass is 513 g/mol. The van der Waals surface area contributed by atoms with Gasteiger partial charge in [-0.05, 0) is 19.1 Å². The van der Waals surface area contributed by atoms with Crippen LogP contribution in [-0.2, 0) is 24.4 Å². The predicted octanol–water partition coefficient (Wildman–Crippen LogP) is -2.42. The molecular formula is C18H21BrClN7O4. The van der Waals surface area contributed by atoms with Gasteiger partial charge in [-0.25, -0.2) is 23.9 Å². The number of fused-ring (bicyclic) bond motifs is 1. The fraction of sp³-hybridized carbons (Fsp3) is 0.278. The van der Waals surface area contributed by atoms with Gasteiger partial charge in [0.1, 0.15) is 12.3 Å². The van der Waals surface area contributed by atoms with Crippen LogP contribution in [0.25, 0.3) is 11.0 Å². The first-order valence-electron chi connectivity index (χ1n) is 8.94. The lowest BCUT2D eigenvalue weighted by molar-refractivity contribution is -0.668. The number of nitrogens with zero attached hydrogens (tertiary/aromatic N) is 4. The molecule has 0 unspecified atom stereocenters. The van der Waals surface area contributed by atoms with Crippen molar-refractivity contribution in [3.63, 3.8) is 0 Å². The van der Waals surface area contributed by atoms with Gasteiger partial charge in [0, 0.05) is 6.07 Å². The quantitative estimate of drug-likeness (QED) is 0.253. The van der Waals surface area contributed by atoms with Crippen LogP contribution in [-0.4, -0.2) is 38.6 Å². The second kappa shape index (κ2) is 9.79. The molecule has 0 saturated heterocycles. The molecule has 1 amide bonds. The van der Waals surface area contributed by atoms with Crippen LogP contribution < -0.4 is 43.1 Å². The number of aryl methyl sites for hydroxylation is 1. The number of aliphatic carboxylic acids is 1. The van der Waals surface area contributed by atoms with Crippen molar-refractivity contribution < 1.29 is 41.0 Å². The Hall–Kier alpha value is -3.12. The lowest BCUT2D eigenvalue weighted by atomic mass is 10.3. The molecule has 3 aromatic rings. The van der Waals surface area contributed by atoms with Crippen molar-refractivity contribution in [2.75, 3.05) is 18.6 Å². The van der Waals surface area contributed by atoms with Crippen molar-refractivity contribution in [1.29, 1.82) is 0 Å². The highest BCUT2D eigenvalue weighted by Crippen LogP contribution is 2.22. The Balaban J connectivity index is 0.00000341. The molecule has 13 heteroatoms. The Kier molecular flexibility index (Phi) is 7.63. The van der Waals surface area contributed by atoms with Crippen LogP contribution in [0.4, 0.5) is 11.6 Å². The molecule has 31 heavy (non-hydrogen) atoms. The lowest BCUT2D eigenvalue weighted by Crippen LogP contribution is -3.00. The van der Waals surface area contributed by atoms with Gasteiger partial charge in [0.25, 0.3) is 11.7 Å². The number of nitrogens with two attached hydrogens (primary N) is 2. The molecule has 6 N–H and O–H groups in total. The molecule has 0 aliphatic carbocycles. The number of carboxylic acids is 1. The van der Waals surface area contributed by atoms with E-state index in [9.17, 15) is 14.7 Å². The predicted molar refractivity (Wildman–Crippen MR) is 109 cm³/mol. The average molecular weight is 515 g/mol. The highest BCUT2D eigenvalue weighted by atomic mass is 79.9. The number of hydrogen-bond donors (Lipinski definition) is 4. The molecule has 0 bridgehead atoms. The smallest absolute Gasteiger partial charge is 0.346 e. The van der Waals surface area contributed by atoms with E-state index in [0.717, 1.165) is 5.52 Å². The summed E-state index contributed by atoms with van der Waals surface area (Å²) in [6.45, 7) is 2.19. The van der Waals surface area contributed by atoms with Gasteiger partial charge in [-0.15, -0.1) is 0 Å². The van der Waals surface area contributed by atoms with E-state index in [1.807, 2.05) is 17.6 Å². The summed E-state index contributed by atoms with van der Waals surface area (Å²) in [5, 5.41) is 11.9. The maximum absolute atomic E-state index is 12.6. The van der Waals surface area contributed by atoms with E-state index in [1.54, 1.807) is 23.8 Å². The largest absolute Gasteiger partial charge is 1.00 e. The summed E-state index contributed by atoms with van der Waals surface area (Å²) in [4.78, 5) is 31.7. The number of imidazole rings is 1. The second-order valence-electron chi connectivity index (χ2n) is 6.31. The third-order valence-corrected chi connectivity index (χ3v) is 4.80. The Morgan fingerprint density at radius 3 is 2.61 bits per heavy atom. The molecule has 0 aliphatic heterocycles. The van der Waals surface area contributed by atoms with E-state index in [1.165, 1.54) is 0 Å². The zero-order valence-corrected chi connectivity index (χ0v) is 19.1. The van der Waals surface area contributed by atoms with Crippen molar-refractivity contribution in [1.82, 2.24) is 19.9 Å². The Morgan fingerprint density at radius 1 is 1.29 bits per heavy atom. The van der Waals surface area contributed by atoms with Crippen LogP contribution in [0.1, 0.15) is 23.2 Å². The van der Waals surface area contributed by atoms with Crippen molar-refractivity contribution in [2.45, 2.75) is 26.6 Å². The maximum Gasteiger partial charge on any atom is 0.346 e. The van der Waals surface area contributed by atoms with E-state index in [2.05, 4.69) is 15.3 Å². The molecule has 0 atom stereocenters. The number of benzene rings is 1. The van der Waals surface area contributed by atoms with Gasteiger partial charge >= 0.3 is 5.97 Å². The van der Waals surface area contributed by atoms with Crippen molar-refractivity contribution in [3.05, 3.63) is 34.9 Å². The van der Waals surface area contributed by atoms with Crippen LogP contribution in [0.15, 0.2) is 18.2 Å². The third-order valence-electron chi connectivity index (χ3n) is 4.52. The number of hydrogen-bond acceptors (Lipinski definition) is 7. The minimum Gasteiger partial charge on any atom is -1.00 e. The lowest BCUT2D eigenvalue weighted by Gasteiger charge is -2.08. The first-order chi connectivity index (χ1) is 14.3. The van der Waals surface area contributed by atoms with E-state index in [0.29, 0.717) is 23.6 Å². The minimum absolute atomic E-state index is 0. The molecular weight excluding hydrogens is 494 g/mol. The number of aromatic nitrogens is 4. The summed E-state index contributed by atoms with van der Waals surface area (Å²) in [5.74, 6) is -0.663. The van der Waals surface area contributed by atoms with E-state index in [4.69, 9.17) is 27.8 Å². The molecule has 0 radical (unpaired) electrons. The molecule has 0 spiro atoms. The van der Waals surface area contributed by atoms with E-state index in [-0.39, 0.29) is 52.6 Å². The van der Waals surface area contributed by atoms with Gasteiger partial charge < -0.3 is 43.6 Å². The number of carboxylic acid groups (broad SMARTS) is 1. The first-order valence-corrected chi connectivity index (χ1v) is 9.32.